The van der Waals surface area contributed by atoms with E-state index in [0.717, 1.165) is 73.8 Å². The minimum absolute atomic E-state index is 0.0450. The molecule has 484 valence electrons. The van der Waals surface area contributed by atoms with Crippen molar-refractivity contribution in [2.75, 3.05) is 31.6 Å². The number of nitrogens with zero attached hydrogens (tertiary/aromatic N) is 4. The Morgan fingerprint density at radius 2 is 0.821 bits per heavy atom. The van der Waals surface area contributed by atoms with Gasteiger partial charge in [0.1, 0.15) is 11.4 Å². The Hall–Kier alpha value is -10.5. The molecule has 1 aromatic heterocycles. The summed E-state index contributed by atoms with van der Waals surface area (Å²) in [5, 5.41) is 25.9. The summed E-state index contributed by atoms with van der Waals surface area (Å²) in [5.74, 6) is 4.04. The van der Waals surface area contributed by atoms with Crippen LogP contribution < -0.4 is 10.1 Å². The maximum absolute atomic E-state index is 15.4. The predicted molar refractivity (Wildman–Crippen MR) is 361 cm³/mol. The zero-order chi connectivity index (χ0) is 66.3. The fourth-order valence-corrected chi connectivity index (χ4v) is 13.0. The molecule has 8 aromatic rings. The Morgan fingerprint density at radius 3 is 1.24 bits per heavy atom. The smallest absolute Gasteiger partial charge is 0.303 e. The molecule has 16 nitrogen and oxygen atoms in total. The second-order valence-electron chi connectivity index (χ2n) is 24.5. The number of hydrogen-bond donors (Lipinski definition) is 3. The van der Waals surface area contributed by atoms with Gasteiger partial charge in [-0.05, 0) is 141 Å². The van der Waals surface area contributed by atoms with Crippen molar-refractivity contribution >= 4 is 53.0 Å². The highest BCUT2D eigenvalue weighted by Gasteiger charge is 2.37. The molecule has 0 unspecified atom stereocenters. The number of aromatic nitrogens is 1. The van der Waals surface area contributed by atoms with E-state index in [-0.39, 0.29) is 60.5 Å². The molecule has 0 bridgehead atoms. The Balaban J connectivity index is 0.866. The first-order chi connectivity index (χ1) is 46.3. The number of carbonyl (C=O) groups excluding carboxylic acids is 7. The molecule has 0 fully saturated rings. The van der Waals surface area contributed by atoms with Crippen molar-refractivity contribution in [1.29, 1.82) is 0 Å². The quantitative estimate of drug-likeness (QED) is 0.0205. The molecule has 0 saturated heterocycles. The van der Waals surface area contributed by atoms with Crippen LogP contribution >= 0.6 is 0 Å². The molecule has 0 radical (unpaired) electrons. The minimum atomic E-state index is -1.79. The largest absolute Gasteiger partial charge is 0.493 e. The zero-order valence-corrected chi connectivity index (χ0v) is 53.2. The summed E-state index contributed by atoms with van der Waals surface area (Å²) in [6, 6.07) is 54.0. The number of anilines is 1. The monoisotopic (exact) mass is 1270 g/mol. The number of benzene rings is 7. The summed E-state index contributed by atoms with van der Waals surface area (Å²) in [6.45, 7) is 1.52. The third-order valence-corrected chi connectivity index (χ3v) is 18.0. The lowest BCUT2D eigenvalue weighted by molar-refractivity contribution is -0.137. The number of unbranched alkanes of at least 4 members (excludes halogenated alkanes) is 10. The molecule has 3 aliphatic heterocycles. The lowest BCUT2D eigenvalue weighted by Gasteiger charge is -2.23. The summed E-state index contributed by atoms with van der Waals surface area (Å²) in [5.41, 5.74) is 6.05. The molecule has 11 rings (SSSR count). The normalized spacial score (nSPS) is 13.3. The van der Waals surface area contributed by atoms with Crippen LogP contribution in [-0.4, -0.2) is 103 Å². The number of aliphatic hydroxyl groups is 1. The molecule has 0 spiro atoms. The first kappa shape index (κ1) is 66.0. The summed E-state index contributed by atoms with van der Waals surface area (Å²) < 4.78 is 8.66. The number of carboxylic acids is 1. The van der Waals surface area contributed by atoms with Gasteiger partial charge in [0.2, 0.25) is 0 Å². The first-order valence-corrected chi connectivity index (χ1v) is 33.1. The van der Waals surface area contributed by atoms with Crippen LogP contribution in [0, 0.1) is 11.8 Å². The molecular formula is C79H77N5O11. The van der Waals surface area contributed by atoms with Gasteiger partial charge in [-0.3, -0.25) is 53.1 Å². The highest BCUT2D eigenvalue weighted by atomic mass is 16.5. The number of carbonyl (C=O) groups is 8. The van der Waals surface area contributed by atoms with E-state index in [9.17, 15) is 43.8 Å². The van der Waals surface area contributed by atoms with Gasteiger partial charge >= 0.3 is 5.97 Å². The van der Waals surface area contributed by atoms with Crippen LogP contribution in [0.25, 0.3) is 0 Å². The Bertz CT molecular complexity index is 3970. The number of aryl methyl sites for hydroxylation is 3. The van der Waals surface area contributed by atoms with Crippen molar-refractivity contribution in [3.8, 4) is 17.6 Å². The van der Waals surface area contributed by atoms with Gasteiger partial charge in [-0.25, -0.2) is 0 Å². The van der Waals surface area contributed by atoms with E-state index < -0.39 is 17.5 Å². The van der Waals surface area contributed by atoms with Crippen molar-refractivity contribution in [1.82, 2.24) is 19.3 Å². The molecule has 3 aliphatic rings. The van der Waals surface area contributed by atoms with E-state index in [1.807, 2.05) is 78.9 Å². The van der Waals surface area contributed by atoms with Gasteiger partial charge in [0.15, 0.2) is 5.60 Å². The average molecular weight is 1270 g/mol. The van der Waals surface area contributed by atoms with Gasteiger partial charge in [-0.15, -0.1) is 0 Å². The Labute approximate surface area is 553 Å². The molecule has 0 atom stereocenters. The van der Waals surface area contributed by atoms with Crippen LogP contribution in [0.2, 0.25) is 0 Å². The molecule has 0 aliphatic carbocycles. The number of hydrogen-bond acceptors (Lipinski definition) is 10. The SMILES string of the molecule is O=C(O)CCc1cc(C(=O)Nc2cc(CCCCCCN3C(=O)c4ccccc4C3=O)c(OCCCCCCCN3C(=O)c4ccccc4C3=O)c(CCCCCCN3C(=O)c4ccccc4C3=O)c2)n(Cc2ccccc2)c1C#CC(O)(c1ccccc1)c1ccccc1. The van der Waals surface area contributed by atoms with Gasteiger partial charge in [0.05, 0.1) is 45.7 Å². The van der Waals surface area contributed by atoms with Crippen molar-refractivity contribution in [3.05, 3.63) is 260 Å². The third-order valence-electron chi connectivity index (χ3n) is 18.0. The number of ether oxygens (including phenoxy) is 1. The van der Waals surface area contributed by atoms with E-state index in [0.29, 0.717) is 133 Å². The number of rotatable bonds is 32. The number of fused-ring (bicyclic) bond motifs is 3. The van der Waals surface area contributed by atoms with E-state index in [4.69, 9.17) is 4.74 Å². The van der Waals surface area contributed by atoms with E-state index in [1.54, 1.807) is 108 Å². The molecule has 95 heavy (non-hydrogen) atoms. The Morgan fingerprint density at radius 1 is 0.442 bits per heavy atom. The number of nitrogens with one attached hydrogen (secondary N) is 1. The maximum atomic E-state index is 15.4. The minimum Gasteiger partial charge on any atom is -0.493 e. The van der Waals surface area contributed by atoms with Crippen LogP contribution in [0.15, 0.2) is 182 Å². The molecule has 4 heterocycles. The van der Waals surface area contributed by atoms with Gasteiger partial charge in [-0.1, -0.05) is 178 Å². The number of imide groups is 3. The van der Waals surface area contributed by atoms with E-state index >= 15 is 4.79 Å². The molecule has 16 heteroatoms. The lowest BCUT2D eigenvalue weighted by atomic mass is 9.86. The number of amides is 7. The molecular weight excluding hydrogens is 1190 g/mol. The number of aliphatic carboxylic acids is 1. The predicted octanol–water partition coefficient (Wildman–Crippen LogP) is 13.5. The topological polar surface area (TPSA) is 213 Å². The highest BCUT2D eigenvalue weighted by molar-refractivity contribution is 6.22. The van der Waals surface area contributed by atoms with Crippen LogP contribution in [-0.2, 0) is 36.2 Å². The molecule has 3 N–H and O–H groups in total. The summed E-state index contributed by atoms with van der Waals surface area (Å²) in [4.78, 5) is 111. The standard InChI is InChI=1S/C79H77N5O11/c85-70(86)44-43-56-53-69(84(54-55-29-11-8-12-30-55)68(56)45-46-79(94,59-33-15-9-16-34-59)60-35-17-10-18-36-60)72(87)80-61-51-57(31-13-2-5-26-48-82-75(90)64-39-21-22-40-65(64)76(82)91)71(95-50-28-7-1-4-25-47-81-73(88)62-37-19-20-38-63(62)74(81)89)58(52-61)32-14-3-6-27-49-83-77(92)66-41-23-24-42-67(66)78(83)93/h8-12,15-24,29-30,33-42,51-53,94H,1-7,13-14,25-28,31-32,43-44,47-50,54H2,(H,80,87)(H,85,86). The van der Waals surface area contributed by atoms with Gasteiger partial charge in [-0.2, -0.15) is 0 Å². The first-order valence-electron chi connectivity index (χ1n) is 33.1. The van der Waals surface area contributed by atoms with Crippen molar-refractivity contribution in [2.24, 2.45) is 0 Å². The fraction of sp³-hybridized carbons (Fsp3) is 0.291. The highest BCUT2D eigenvalue weighted by Crippen LogP contribution is 2.35. The summed E-state index contributed by atoms with van der Waals surface area (Å²) in [7, 11) is 0. The van der Waals surface area contributed by atoms with Crippen LogP contribution in [0.3, 0.4) is 0 Å². The van der Waals surface area contributed by atoms with Crippen LogP contribution in [0.1, 0.15) is 202 Å². The Kier molecular flexibility index (Phi) is 21.5. The third kappa shape index (κ3) is 15.3. The fourth-order valence-electron chi connectivity index (χ4n) is 13.0. The van der Waals surface area contributed by atoms with E-state index in [1.165, 1.54) is 14.7 Å². The van der Waals surface area contributed by atoms with Crippen molar-refractivity contribution < 1.29 is 53.3 Å². The second kappa shape index (κ2) is 31.0. The second-order valence-corrected chi connectivity index (χ2v) is 24.5. The summed E-state index contributed by atoms with van der Waals surface area (Å²) >= 11 is 0. The average Bonchev–Trinajstić information content (AvgIpc) is 1.72. The van der Waals surface area contributed by atoms with Gasteiger partial charge in [0.25, 0.3) is 41.4 Å². The molecule has 7 aromatic carbocycles. The number of carboxylic acid groups (broad SMARTS) is 1. The van der Waals surface area contributed by atoms with Gasteiger partial charge in [0, 0.05) is 49.4 Å². The summed E-state index contributed by atoms with van der Waals surface area (Å²) in [6.07, 6.45) is 10.5. The molecule has 0 saturated carbocycles. The van der Waals surface area contributed by atoms with Crippen LogP contribution in [0.5, 0.6) is 5.75 Å². The maximum Gasteiger partial charge on any atom is 0.303 e. The van der Waals surface area contributed by atoms with Crippen LogP contribution in [0.4, 0.5) is 5.69 Å². The van der Waals surface area contributed by atoms with Crippen molar-refractivity contribution in [3.63, 3.8) is 0 Å². The van der Waals surface area contributed by atoms with Crippen molar-refractivity contribution in [2.45, 2.75) is 121 Å². The zero-order valence-electron chi connectivity index (χ0n) is 53.2. The van der Waals surface area contributed by atoms with Gasteiger partial charge < -0.3 is 24.8 Å². The van der Waals surface area contributed by atoms with E-state index in [2.05, 4.69) is 17.2 Å². The molecule has 7 amide bonds. The lowest BCUT2D eigenvalue weighted by Crippen LogP contribution is -2.30.